The maximum absolute atomic E-state index is 12.7. The number of hydrogen-bond acceptors (Lipinski definition) is 5. The van der Waals surface area contributed by atoms with E-state index in [-0.39, 0.29) is 23.4 Å². The first-order valence-corrected chi connectivity index (χ1v) is 10.7. The fourth-order valence-electron chi connectivity index (χ4n) is 3.78. The number of hydrogen-bond donors (Lipinski definition) is 2. The molecule has 26 heavy (non-hydrogen) atoms. The van der Waals surface area contributed by atoms with Gasteiger partial charge in [-0.2, -0.15) is 5.10 Å². The van der Waals surface area contributed by atoms with Crippen LogP contribution in [-0.2, 0) is 14.8 Å². The first-order valence-electron chi connectivity index (χ1n) is 8.84. The van der Waals surface area contributed by atoms with Gasteiger partial charge in [0.15, 0.2) is 0 Å². The molecule has 2 aliphatic heterocycles. The molecule has 0 aliphatic carbocycles. The summed E-state index contributed by atoms with van der Waals surface area (Å²) in [5.41, 5.74) is 6.34. The second-order valence-corrected chi connectivity index (χ2v) is 9.09. The number of rotatable bonds is 4. The van der Waals surface area contributed by atoms with Gasteiger partial charge in [0.1, 0.15) is 5.69 Å². The van der Waals surface area contributed by atoms with E-state index in [1.54, 1.807) is 6.07 Å². The topological polar surface area (TPSA) is 129 Å². The molecule has 3 rings (SSSR count). The summed E-state index contributed by atoms with van der Waals surface area (Å²) >= 11 is 0. The van der Waals surface area contributed by atoms with Gasteiger partial charge in [-0.1, -0.05) is 0 Å². The van der Waals surface area contributed by atoms with Crippen molar-refractivity contribution in [3.05, 3.63) is 17.5 Å². The molecule has 3 N–H and O–H groups in total. The van der Waals surface area contributed by atoms with E-state index in [1.165, 1.54) is 10.6 Å². The zero-order valence-corrected chi connectivity index (χ0v) is 15.7. The SMILES string of the molecule is CS(=O)(=O)N1CCC(C(=O)N2CCC(c3cc(C(N)=O)n[nH]3)CC2)CC1. The number of nitrogens with zero attached hydrogens (tertiary/aromatic N) is 3. The summed E-state index contributed by atoms with van der Waals surface area (Å²) in [4.78, 5) is 25.7. The van der Waals surface area contributed by atoms with Gasteiger partial charge in [-0.15, -0.1) is 0 Å². The first-order chi connectivity index (χ1) is 12.3. The number of primary amides is 1. The Morgan fingerprint density at radius 3 is 2.27 bits per heavy atom. The Bertz CT molecular complexity index is 774. The molecule has 2 amide bonds. The van der Waals surface area contributed by atoms with Crippen molar-refractivity contribution in [2.45, 2.75) is 31.6 Å². The van der Waals surface area contributed by atoms with Gasteiger partial charge in [0, 0.05) is 43.7 Å². The van der Waals surface area contributed by atoms with Crippen molar-refractivity contribution in [1.29, 1.82) is 0 Å². The van der Waals surface area contributed by atoms with Crippen LogP contribution in [0.4, 0.5) is 0 Å². The molecule has 0 atom stereocenters. The van der Waals surface area contributed by atoms with E-state index in [0.717, 1.165) is 18.5 Å². The van der Waals surface area contributed by atoms with Crippen LogP contribution in [0.25, 0.3) is 0 Å². The molecular formula is C16H25N5O4S. The van der Waals surface area contributed by atoms with E-state index in [2.05, 4.69) is 10.2 Å². The van der Waals surface area contributed by atoms with Crippen LogP contribution in [-0.4, -0.2) is 72.1 Å². The number of likely N-dealkylation sites (tertiary alicyclic amines) is 1. The molecule has 0 radical (unpaired) electrons. The summed E-state index contributed by atoms with van der Waals surface area (Å²) in [5.74, 6) is -0.301. The normalized spacial score (nSPS) is 21.0. The van der Waals surface area contributed by atoms with Crippen molar-refractivity contribution in [3.8, 4) is 0 Å². The molecule has 1 aromatic rings. The number of amides is 2. The molecule has 3 heterocycles. The summed E-state index contributed by atoms with van der Waals surface area (Å²) in [7, 11) is -3.18. The molecule has 0 saturated carbocycles. The largest absolute Gasteiger partial charge is 0.364 e. The minimum atomic E-state index is -3.18. The van der Waals surface area contributed by atoms with Gasteiger partial charge >= 0.3 is 0 Å². The predicted molar refractivity (Wildman–Crippen MR) is 94.8 cm³/mol. The highest BCUT2D eigenvalue weighted by molar-refractivity contribution is 7.88. The molecule has 0 spiro atoms. The van der Waals surface area contributed by atoms with E-state index in [4.69, 9.17) is 5.73 Å². The molecule has 0 unspecified atom stereocenters. The van der Waals surface area contributed by atoms with Crippen molar-refractivity contribution in [2.75, 3.05) is 32.4 Å². The molecule has 2 aliphatic rings. The lowest BCUT2D eigenvalue weighted by molar-refractivity contribution is -0.137. The number of sulfonamides is 1. The van der Waals surface area contributed by atoms with Gasteiger partial charge in [0.2, 0.25) is 15.9 Å². The number of piperidine rings is 2. The van der Waals surface area contributed by atoms with E-state index in [9.17, 15) is 18.0 Å². The third-order valence-corrected chi connectivity index (χ3v) is 6.67. The quantitative estimate of drug-likeness (QED) is 0.749. The lowest BCUT2D eigenvalue weighted by Gasteiger charge is -2.36. The van der Waals surface area contributed by atoms with E-state index >= 15 is 0 Å². The molecule has 2 fully saturated rings. The molecule has 10 heteroatoms. The number of carbonyl (C=O) groups excluding carboxylic acids is 2. The van der Waals surface area contributed by atoms with Gasteiger partial charge in [-0.05, 0) is 31.7 Å². The summed E-state index contributed by atoms with van der Waals surface area (Å²) in [5, 5.41) is 6.78. The average molecular weight is 383 g/mol. The first kappa shape index (κ1) is 18.8. The lowest BCUT2D eigenvalue weighted by atomic mass is 9.91. The van der Waals surface area contributed by atoms with Crippen molar-refractivity contribution >= 4 is 21.8 Å². The highest BCUT2D eigenvalue weighted by atomic mass is 32.2. The van der Waals surface area contributed by atoms with Crippen LogP contribution >= 0.6 is 0 Å². The number of H-pyrrole nitrogens is 1. The average Bonchev–Trinajstić information content (AvgIpc) is 3.11. The second kappa shape index (κ2) is 7.36. The Morgan fingerprint density at radius 2 is 1.77 bits per heavy atom. The molecule has 144 valence electrons. The summed E-state index contributed by atoms with van der Waals surface area (Å²) in [6.07, 6.45) is 3.96. The second-order valence-electron chi connectivity index (χ2n) is 7.11. The number of nitrogens with two attached hydrogens (primary N) is 1. The minimum Gasteiger partial charge on any atom is -0.364 e. The fraction of sp³-hybridized carbons (Fsp3) is 0.688. The maximum Gasteiger partial charge on any atom is 0.269 e. The number of carbonyl (C=O) groups is 2. The summed E-state index contributed by atoms with van der Waals surface area (Å²) < 4.78 is 24.6. The Hall–Kier alpha value is -1.94. The third-order valence-electron chi connectivity index (χ3n) is 5.37. The summed E-state index contributed by atoms with van der Waals surface area (Å²) in [6.45, 7) is 2.13. The number of aromatic nitrogens is 2. The van der Waals surface area contributed by atoms with Crippen molar-refractivity contribution in [3.63, 3.8) is 0 Å². The Balaban J connectivity index is 1.51. The van der Waals surface area contributed by atoms with Crippen molar-refractivity contribution in [1.82, 2.24) is 19.4 Å². The third kappa shape index (κ3) is 4.07. The van der Waals surface area contributed by atoms with Crippen LogP contribution in [0.2, 0.25) is 0 Å². The van der Waals surface area contributed by atoms with Gasteiger partial charge in [-0.3, -0.25) is 14.7 Å². The molecule has 0 aromatic carbocycles. The Kier molecular flexibility index (Phi) is 5.33. The number of nitrogens with one attached hydrogen (secondary N) is 1. The molecule has 2 saturated heterocycles. The van der Waals surface area contributed by atoms with Crippen LogP contribution in [0.5, 0.6) is 0 Å². The van der Waals surface area contributed by atoms with E-state index < -0.39 is 15.9 Å². The van der Waals surface area contributed by atoms with E-state index in [1.807, 2.05) is 4.90 Å². The Labute approximate surface area is 153 Å². The predicted octanol–water partition coefficient (Wildman–Crippen LogP) is -0.114. The van der Waals surface area contributed by atoms with Gasteiger partial charge in [0.05, 0.1) is 6.26 Å². The fourth-order valence-corrected chi connectivity index (χ4v) is 4.65. The van der Waals surface area contributed by atoms with Crippen LogP contribution in [0.3, 0.4) is 0 Å². The maximum atomic E-state index is 12.7. The van der Waals surface area contributed by atoms with Gasteiger partial charge in [0.25, 0.3) is 5.91 Å². The Morgan fingerprint density at radius 1 is 1.15 bits per heavy atom. The molecule has 0 bridgehead atoms. The number of aromatic amines is 1. The standard InChI is InChI=1S/C16H25N5O4S/c1-26(24,25)21-8-4-12(5-9-21)16(23)20-6-2-11(3-7-20)13-10-14(15(17)22)19-18-13/h10-12H,2-9H2,1H3,(H2,17,22)(H,18,19). The summed E-state index contributed by atoms with van der Waals surface area (Å²) in [6, 6.07) is 1.69. The van der Waals surface area contributed by atoms with Crippen LogP contribution in [0.1, 0.15) is 47.8 Å². The molecule has 9 nitrogen and oxygen atoms in total. The van der Waals surface area contributed by atoms with Crippen LogP contribution < -0.4 is 5.73 Å². The molecular weight excluding hydrogens is 358 g/mol. The van der Waals surface area contributed by atoms with Gasteiger partial charge in [-0.25, -0.2) is 12.7 Å². The smallest absolute Gasteiger partial charge is 0.269 e. The van der Waals surface area contributed by atoms with E-state index in [0.29, 0.717) is 39.0 Å². The monoisotopic (exact) mass is 383 g/mol. The van der Waals surface area contributed by atoms with Crippen molar-refractivity contribution in [2.24, 2.45) is 11.7 Å². The van der Waals surface area contributed by atoms with Crippen molar-refractivity contribution < 1.29 is 18.0 Å². The zero-order chi connectivity index (χ0) is 18.9. The van der Waals surface area contributed by atoms with Crippen LogP contribution in [0.15, 0.2) is 6.07 Å². The van der Waals surface area contributed by atoms with Gasteiger partial charge < -0.3 is 10.6 Å². The lowest BCUT2D eigenvalue weighted by Crippen LogP contribution is -2.46. The highest BCUT2D eigenvalue weighted by Crippen LogP contribution is 2.29. The molecule has 1 aromatic heterocycles. The van der Waals surface area contributed by atoms with Crippen LogP contribution in [0, 0.1) is 5.92 Å². The zero-order valence-electron chi connectivity index (χ0n) is 14.8. The minimum absolute atomic E-state index is 0.0989. The highest BCUT2D eigenvalue weighted by Gasteiger charge is 2.33.